The molecule has 2 aromatic rings. The lowest BCUT2D eigenvalue weighted by molar-refractivity contribution is -0.124. The van der Waals surface area contributed by atoms with E-state index in [2.05, 4.69) is 20.8 Å². The van der Waals surface area contributed by atoms with E-state index < -0.39 is 0 Å². The highest BCUT2D eigenvalue weighted by Gasteiger charge is 2.24. The molecule has 0 saturated carbocycles. The Kier molecular flexibility index (Phi) is 4.21. The topological polar surface area (TPSA) is 80.0 Å². The third-order valence-electron chi connectivity index (χ3n) is 3.33. The molecule has 1 aliphatic rings. The van der Waals surface area contributed by atoms with Crippen molar-refractivity contribution in [3.8, 4) is 11.4 Å². The van der Waals surface area contributed by atoms with Crippen molar-refractivity contribution in [1.82, 2.24) is 20.8 Å². The molecule has 1 aromatic carbocycles. The van der Waals surface area contributed by atoms with Gasteiger partial charge in [0.1, 0.15) is 0 Å². The van der Waals surface area contributed by atoms with Crippen molar-refractivity contribution >= 4 is 17.7 Å². The van der Waals surface area contributed by atoms with Crippen LogP contribution in [0.3, 0.4) is 0 Å². The Hall–Kier alpha value is -1.86. The highest BCUT2D eigenvalue weighted by Crippen LogP contribution is 2.21. The monoisotopic (exact) mass is 304 g/mol. The molecule has 6 nitrogen and oxygen atoms in total. The Morgan fingerprint density at radius 3 is 2.86 bits per heavy atom. The van der Waals surface area contributed by atoms with Crippen LogP contribution in [0, 0.1) is 0 Å². The zero-order chi connectivity index (χ0) is 14.7. The van der Waals surface area contributed by atoms with Gasteiger partial charge >= 0.3 is 0 Å². The number of aromatic nitrogens is 2. The zero-order valence-electron chi connectivity index (χ0n) is 11.6. The van der Waals surface area contributed by atoms with Gasteiger partial charge in [-0.2, -0.15) is 4.98 Å². The number of nitrogens with zero attached hydrogens (tertiary/aromatic N) is 2. The fourth-order valence-corrected chi connectivity index (χ4v) is 2.59. The van der Waals surface area contributed by atoms with Gasteiger partial charge in [0.2, 0.25) is 17.6 Å². The van der Waals surface area contributed by atoms with Gasteiger partial charge in [-0.1, -0.05) is 5.16 Å². The molecule has 1 atom stereocenters. The number of amides is 1. The van der Waals surface area contributed by atoms with E-state index in [0.29, 0.717) is 24.7 Å². The first kappa shape index (κ1) is 14.1. The summed E-state index contributed by atoms with van der Waals surface area (Å²) < 4.78 is 5.24. The Bertz CT molecular complexity index is 626. The smallest absolute Gasteiger partial charge is 0.237 e. The average molecular weight is 304 g/mol. The molecule has 21 heavy (non-hydrogen) atoms. The van der Waals surface area contributed by atoms with Crippen molar-refractivity contribution < 1.29 is 9.32 Å². The summed E-state index contributed by atoms with van der Waals surface area (Å²) in [4.78, 5) is 17.2. The number of thioether (sulfide) groups is 1. The van der Waals surface area contributed by atoms with Crippen LogP contribution in [0.15, 0.2) is 33.7 Å². The van der Waals surface area contributed by atoms with Crippen LogP contribution in [0.5, 0.6) is 0 Å². The molecule has 1 saturated heterocycles. The maximum absolute atomic E-state index is 11.7. The van der Waals surface area contributed by atoms with Gasteiger partial charge in [0, 0.05) is 23.5 Å². The second-order valence-corrected chi connectivity index (χ2v) is 5.62. The molecule has 0 radical (unpaired) electrons. The molecule has 0 aliphatic carbocycles. The van der Waals surface area contributed by atoms with Crippen molar-refractivity contribution in [3.63, 3.8) is 0 Å². The van der Waals surface area contributed by atoms with Crippen molar-refractivity contribution in [2.24, 2.45) is 0 Å². The Morgan fingerprint density at radius 1 is 1.33 bits per heavy atom. The van der Waals surface area contributed by atoms with Crippen molar-refractivity contribution in [1.29, 1.82) is 0 Å². The van der Waals surface area contributed by atoms with Crippen molar-refractivity contribution in [2.45, 2.75) is 17.4 Å². The summed E-state index contributed by atoms with van der Waals surface area (Å²) in [5, 5.41) is 9.93. The van der Waals surface area contributed by atoms with E-state index in [0.717, 1.165) is 12.1 Å². The lowest BCUT2D eigenvalue weighted by atomic mass is 10.1. The summed E-state index contributed by atoms with van der Waals surface area (Å²) in [6, 6.07) is 7.67. The number of nitrogens with one attached hydrogen (secondary N) is 2. The molecular formula is C14H16N4O2S. The molecule has 1 unspecified atom stereocenters. The fourth-order valence-electron chi connectivity index (χ4n) is 2.18. The largest absolute Gasteiger partial charge is 0.353 e. The maximum Gasteiger partial charge on any atom is 0.237 e. The van der Waals surface area contributed by atoms with Gasteiger partial charge < -0.3 is 15.2 Å². The second kappa shape index (κ2) is 6.28. The van der Waals surface area contributed by atoms with Crippen LogP contribution >= 0.6 is 11.8 Å². The minimum atomic E-state index is -0.300. The van der Waals surface area contributed by atoms with Gasteiger partial charge in [0.15, 0.2) is 0 Å². The fraction of sp³-hybridized carbons (Fsp3) is 0.357. The number of carbonyl (C=O) groups is 1. The lowest BCUT2D eigenvalue weighted by Crippen LogP contribution is -2.53. The molecule has 1 fully saturated rings. The quantitative estimate of drug-likeness (QED) is 0.823. The number of hydrogen-bond acceptors (Lipinski definition) is 6. The third kappa shape index (κ3) is 3.25. The first-order valence-electron chi connectivity index (χ1n) is 6.74. The Balaban J connectivity index is 1.71. The minimum Gasteiger partial charge on any atom is -0.353 e. The Morgan fingerprint density at radius 2 is 2.14 bits per heavy atom. The molecule has 2 heterocycles. The van der Waals surface area contributed by atoms with Crippen molar-refractivity contribution in [3.05, 3.63) is 30.2 Å². The van der Waals surface area contributed by atoms with Gasteiger partial charge in [0.05, 0.1) is 12.5 Å². The average Bonchev–Trinajstić information content (AvgIpc) is 2.98. The minimum absolute atomic E-state index is 0.0228. The molecule has 0 spiro atoms. The third-order valence-corrected chi connectivity index (χ3v) is 4.07. The van der Waals surface area contributed by atoms with Crippen molar-refractivity contribution in [2.75, 3.05) is 19.3 Å². The van der Waals surface area contributed by atoms with Crippen LogP contribution in [0.4, 0.5) is 0 Å². The standard InChI is InChI=1S/C14H16N4O2S/c1-21-10-4-2-9(3-5-10)13-17-12(20-18-13)8-11-14(19)16-7-6-15-11/h2-5,11,15H,6-8H2,1H3,(H,16,19). The van der Waals surface area contributed by atoms with Crippen LogP contribution in [0.25, 0.3) is 11.4 Å². The van der Waals surface area contributed by atoms with Gasteiger partial charge in [-0.05, 0) is 30.5 Å². The summed E-state index contributed by atoms with van der Waals surface area (Å²) in [6.45, 7) is 1.42. The lowest BCUT2D eigenvalue weighted by Gasteiger charge is -2.21. The van der Waals surface area contributed by atoms with Gasteiger partial charge in [0.25, 0.3) is 0 Å². The first-order chi connectivity index (χ1) is 10.3. The van der Waals surface area contributed by atoms with E-state index >= 15 is 0 Å². The molecule has 3 rings (SSSR count). The summed E-state index contributed by atoms with van der Waals surface area (Å²) >= 11 is 1.68. The number of rotatable bonds is 4. The second-order valence-electron chi connectivity index (χ2n) is 4.74. The Labute approximate surface area is 126 Å². The van der Waals surface area contributed by atoms with Crippen LogP contribution in [0.2, 0.25) is 0 Å². The number of piperazine rings is 1. The highest BCUT2D eigenvalue weighted by atomic mass is 32.2. The van der Waals surface area contributed by atoms with Crippen LogP contribution < -0.4 is 10.6 Å². The first-order valence-corrected chi connectivity index (χ1v) is 7.97. The maximum atomic E-state index is 11.7. The van der Waals surface area contributed by atoms with Gasteiger partial charge in [-0.15, -0.1) is 11.8 Å². The molecule has 1 aromatic heterocycles. The number of hydrogen-bond donors (Lipinski definition) is 2. The van der Waals surface area contributed by atoms with E-state index in [9.17, 15) is 4.79 Å². The molecule has 110 valence electrons. The number of benzene rings is 1. The van der Waals surface area contributed by atoms with E-state index in [-0.39, 0.29) is 11.9 Å². The highest BCUT2D eigenvalue weighted by molar-refractivity contribution is 7.98. The van der Waals surface area contributed by atoms with E-state index in [1.807, 2.05) is 30.5 Å². The van der Waals surface area contributed by atoms with Crippen LogP contribution in [-0.2, 0) is 11.2 Å². The summed E-state index contributed by atoms with van der Waals surface area (Å²) in [5.74, 6) is 0.993. The van der Waals surface area contributed by atoms with Crippen LogP contribution in [-0.4, -0.2) is 41.4 Å². The van der Waals surface area contributed by atoms with Crippen LogP contribution in [0.1, 0.15) is 5.89 Å². The van der Waals surface area contributed by atoms with E-state index in [1.165, 1.54) is 4.90 Å². The van der Waals surface area contributed by atoms with E-state index in [1.54, 1.807) is 11.8 Å². The van der Waals surface area contributed by atoms with Gasteiger partial charge in [-0.25, -0.2) is 0 Å². The van der Waals surface area contributed by atoms with E-state index in [4.69, 9.17) is 4.52 Å². The van der Waals surface area contributed by atoms with Gasteiger partial charge in [-0.3, -0.25) is 4.79 Å². The summed E-state index contributed by atoms with van der Waals surface area (Å²) in [7, 11) is 0. The SMILES string of the molecule is CSc1ccc(-c2noc(CC3NCCNC3=O)n2)cc1. The molecule has 0 bridgehead atoms. The summed E-state index contributed by atoms with van der Waals surface area (Å²) in [6.07, 6.45) is 2.44. The zero-order valence-corrected chi connectivity index (χ0v) is 12.4. The molecule has 2 N–H and O–H groups in total. The molecule has 1 aliphatic heterocycles. The normalized spacial score (nSPS) is 18.5. The predicted octanol–water partition coefficient (Wildman–Crippen LogP) is 1.09. The summed E-state index contributed by atoms with van der Waals surface area (Å²) in [5.41, 5.74) is 0.906. The predicted molar refractivity (Wildman–Crippen MR) is 80.0 cm³/mol. The molecule has 7 heteroatoms. The molecule has 1 amide bonds. The number of carbonyl (C=O) groups excluding carboxylic acids is 1. The molecular weight excluding hydrogens is 288 g/mol.